The van der Waals surface area contributed by atoms with Crippen molar-refractivity contribution in [3.8, 4) is 0 Å². The molecule has 0 bridgehead atoms. The second-order valence-electron chi connectivity index (χ2n) is 6.34. The third-order valence-corrected chi connectivity index (χ3v) is 6.09. The summed E-state index contributed by atoms with van der Waals surface area (Å²) in [4.78, 5) is 14.5. The Kier molecular flexibility index (Phi) is 6.04. The lowest BCUT2D eigenvalue weighted by atomic mass is 9.99. The highest BCUT2D eigenvalue weighted by atomic mass is 35.5. The molecule has 0 N–H and O–H groups in total. The third-order valence-electron chi connectivity index (χ3n) is 4.31. The van der Waals surface area contributed by atoms with E-state index in [0.717, 1.165) is 23.4 Å². The lowest BCUT2D eigenvalue weighted by molar-refractivity contribution is -0.133. The minimum absolute atomic E-state index is 0.219. The highest BCUT2D eigenvalue weighted by molar-refractivity contribution is 7.92. The number of carbonyl (C=O) groups is 1. The van der Waals surface area contributed by atoms with Crippen LogP contribution in [-0.4, -0.2) is 44.6 Å². The SMILES string of the molecule is CC1CCN(C(=O)C(C)N(c2cc(Cl)ccc2Cl)S(C)(=O)=O)CC1. The molecular weight excluding hydrogens is 371 g/mol. The highest BCUT2D eigenvalue weighted by Crippen LogP contribution is 2.32. The van der Waals surface area contributed by atoms with Crippen LogP contribution in [0.25, 0.3) is 0 Å². The van der Waals surface area contributed by atoms with Crippen LogP contribution in [0.4, 0.5) is 5.69 Å². The zero-order valence-electron chi connectivity index (χ0n) is 14.0. The molecule has 0 spiro atoms. The maximum atomic E-state index is 12.8. The molecule has 1 aromatic rings. The van der Waals surface area contributed by atoms with Crippen molar-refractivity contribution in [2.75, 3.05) is 23.7 Å². The van der Waals surface area contributed by atoms with Gasteiger partial charge in [-0.25, -0.2) is 8.42 Å². The van der Waals surface area contributed by atoms with Crippen LogP contribution >= 0.6 is 23.2 Å². The molecule has 1 fully saturated rings. The number of anilines is 1. The van der Waals surface area contributed by atoms with Crippen LogP contribution in [-0.2, 0) is 14.8 Å². The summed E-state index contributed by atoms with van der Waals surface area (Å²) in [6.45, 7) is 5.02. The summed E-state index contributed by atoms with van der Waals surface area (Å²) in [5.74, 6) is 0.362. The maximum absolute atomic E-state index is 12.8. The minimum Gasteiger partial charge on any atom is -0.341 e. The van der Waals surface area contributed by atoms with Gasteiger partial charge in [0.25, 0.3) is 0 Å². The first-order chi connectivity index (χ1) is 11.1. The number of likely N-dealkylation sites (tertiary alicyclic amines) is 1. The molecule has 1 heterocycles. The monoisotopic (exact) mass is 392 g/mol. The molecule has 0 aliphatic carbocycles. The second kappa shape index (κ2) is 7.50. The number of sulfonamides is 1. The molecule has 24 heavy (non-hydrogen) atoms. The van der Waals surface area contributed by atoms with Crippen molar-refractivity contribution in [1.82, 2.24) is 4.90 Å². The predicted octanol–water partition coefficient (Wildman–Crippen LogP) is 3.41. The van der Waals surface area contributed by atoms with Crippen LogP contribution in [0.5, 0.6) is 0 Å². The lowest BCUT2D eigenvalue weighted by Crippen LogP contribution is -2.51. The van der Waals surface area contributed by atoms with Crippen LogP contribution in [0.1, 0.15) is 26.7 Å². The van der Waals surface area contributed by atoms with Crippen molar-refractivity contribution in [1.29, 1.82) is 0 Å². The van der Waals surface area contributed by atoms with E-state index in [9.17, 15) is 13.2 Å². The summed E-state index contributed by atoms with van der Waals surface area (Å²) < 4.78 is 25.7. The topological polar surface area (TPSA) is 57.7 Å². The first-order valence-corrected chi connectivity index (χ1v) is 10.4. The quantitative estimate of drug-likeness (QED) is 0.788. The van der Waals surface area contributed by atoms with Gasteiger partial charge < -0.3 is 4.90 Å². The fourth-order valence-corrected chi connectivity index (χ4v) is 4.52. The molecule has 1 aliphatic rings. The van der Waals surface area contributed by atoms with Gasteiger partial charge in [-0.15, -0.1) is 0 Å². The molecule has 1 aliphatic heterocycles. The second-order valence-corrected chi connectivity index (χ2v) is 9.04. The van der Waals surface area contributed by atoms with Crippen molar-refractivity contribution in [2.45, 2.75) is 32.7 Å². The molecule has 1 saturated heterocycles. The van der Waals surface area contributed by atoms with Gasteiger partial charge in [-0.1, -0.05) is 30.1 Å². The van der Waals surface area contributed by atoms with Crippen LogP contribution < -0.4 is 4.31 Å². The van der Waals surface area contributed by atoms with E-state index in [4.69, 9.17) is 23.2 Å². The van der Waals surface area contributed by atoms with E-state index in [-0.39, 0.29) is 16.6 Å². The summed E-state index contributed by atoms with van der Waals surface area (Å²) in [5, 5.41) is 0.589. The summed E-state index contributed by atoms with van der Waals surface area (Å²) in [5.41, 5.74) is 0.220. The van der Waals surface area contributed by atoms with Crippen molar-refractivity contribution in [3.63, 3.8) is 0 Å². The molecule has 1 unspecified atom stereocenters. The number of hydrogen-bond donors (Lipinski definition) is 0. The molecule has 8 heteroatoms. The number of amides is 1. The third kappa shape index (κ3) is 4.35. The van der Waals surface area contributed by atoms with Gasteiger partial charge in [-0.3, -0.25) is 9.10 Å². The number of halogens is 2. The summed E-state index contributed by atoms with van der Waals surface area (Å²) >= 11 is 12.1. The average molecular weight is 393 g/mol. The summed E-state index contributed by atoms with van der Waals surface area (Å²) in [6.07, 6.45) is 2.91. The first kappa shape index (κ1) is 19.3. The largest absolute Gasteiger partial charge is 0.341 e. The highest BCUT2D eigenvalue weighted by Gasteiger charge is 2.34. The average Bonchev–Trinajstić information content (AvgIpc) is 2.49. The Hall–Kier alpha value is -0.980. The summed E-state index contributed by atoms with van der Waals surface area (Å²) in [7, 11) is -3.71. The number of rotatable bonds is 4. The molecule has 5 nitrogen and oxygen atoms in total. The molecule has 1 aromatic carbocycles. The summed E-state index contributed by atoms with van der Waals surface area (Å²) in [6, 6.07) is 3.68. The molecular formula is C16H22Cl2N2O3S. The van der Waals surface area contributed by atoms with E-state index in [1.165, 1.54) is 12.1 Å². The molecule has 134 valence electrons. The molecule has 2 rings (SSSR count). The normalized spacial score (nSPS) is 17.6. The van der Waals surface area contributed by atoms with Crippen molar-refractivity contribution >= 4 is 44.8 Å². The van der Waals surface area contributed by atoms with Crippen LogP contribution in [0.3, 0.4) is 0 Å². The Balaban J connectivity index is 2.34. The number of hydrogen-bond acceptors (Lipinski definition) is 3. The van der Waals surface area contributed by atoms with E-state index in [0.29, 0.717) is 24.0 Å². The van der Waals surface area contributed by atoms with Gasteiger partial charge >= 0.3 is 0 Å². The smallest absolute Gasteiger partial charge is 0.246 e. The minimum atomic E-state index is -3.71. The maximum Gasteiger partial charge on any atom is 0.246 e. The predicted molar refractivity (Wildman–Crippen MR) is 98.2 cm³/mol. The Labute approximate surface area is 153 Å². The van der Waals surface area contributed by atoms with Gasteiger partial charge in [0.1, 0.15) is 6.04 Å². The van der Waals surface area contributed by atoms with E-state index < -0.39 is 16.1 Å². The van der Waals surface area contributed by atoms with E-state index in [2.05, 4.69) is 6.92 Å². The van der Waals surface area contributed by atoms with Crippen LogP contribution in [0.15, 0.2) is 18.2 Å². The fraction of sp³-hybridized carbons (Fsp3) is 0.562. The van der Waals surface area contributed by atoms with E-state index >= 15 is 0 Å². The van der Waals surface area contributed by atoms with E-state index in [1.807, 2.05) is 0 Å². The number of benzene rings is 1. The van der Waals surface area contributed by atoms with Gasteiger partial charge in [0.05, 0.1) is 17.0 Å². The zero-order chi connectivity index (χ0) is 18.1. The van der Waals surface area contributed by atoms with Gasteiger partial charge in [-0.05, 0) is 43.9 Å². The van der Waals surface area contributed by atoms with Gasteiger partial charge in [-0.2, -0.15) is 0 Å². The van der Waals surface area contributed by atoms with Gasteiger partial charge in [0.15, 0.2) is 0 Å². The first-order valence-electron chi connectivity index (χ1n) is 7.84. The standard InChI is InChI=1S/C16H22Cl2N2O3S/c1-11-6-8-19(9-7-11)16(21)12(2)20(24(3,22)23)15-10-13(17)4-5-14(15)18/h4-5,10-12H,6-9H2,1-3H3. The van der Waals surface area contributed by atoms with Crippen molar-refractivity contribution in [2.24, 2.45) is 5.92 Å². The Morgan fingerprint density at radius 2 is 1.88 bits per heavy atom. The van der Waals surface area contributed by atoms with Crippen molar-refractivity contribution in [3.05, 3.63) is 28.2 Å². The number of carbonyl (C=O) groups excluding carboxylic acids is 1. The Morgan fingerprint density at radius 1 is 1.29 bits per heavy atom. The van der Waals surface area contributed by atoms with Crippen LogP contribution in [0, 0.1) is 5.92 Å². The molecule has 0 radical (unpaired) electrons. The zero-order valence-corrected chi connectivity index (χ0v) is 16.3. The Bertz CT molecular complexity index is 716. The lowest BCUT2D eigenvalue weighted by Gasteiger charge is -2.36. The Morgan fingerprint density at radius 3 is 2.42 bits per heavy atom. The number of piperidine rings is 1. The molecule has 0 aromatic heterocycles. The molecule has 0 saturated carbocycles. The molecule has 1 amide bonds. The fourth-order valence-electron chi connectivity index (χ4n) is 2.92. The number of nitrogens with zero attached hydrogens (tertiary/aromatic N) is 2. The molecule has 1 atom stereocenters. The van der Waals surface area contributed by atoms with Gasteiger partial charge in [0.2, 0.25) is 15.9 Å². The van der Waals surface area contributed by atoms with Gasteiger partial charge in [0, 0.05) is 18.1 Å². The van der Waals surface area contributed by atoms with E-state index in [1.54, 1.807) is 17.9 Å². The van der Waals surface area contributed by atoms with Crippen LogP contribution in [0.2, 0.25) is 10.0 Å². The van der Waals surface area contributed by atoms with Crippen molar-refractivity contribution < 1.29 is 13.2 Å².